The molecule has 9 heteroatoms. The highest BCUT2D eigenvalue weighted by atomic mass is 32.1. The molecular weight excluding hydrogens is 416 g/mol. The molecule has 31 heavy (non-hydrogen) atoms. The fourth-order valence-electron chi connectivity index (χ4n) is 3.63. The van der Waals surface area contributed by atoms with E-state index < -0.39 is 10.8 Å². The van der Waals surface area contributed by atoms with Gasteiger partial charge in [-0.2, -0.15) is 0 Å². The second kappa shape index (κ2) is 9.40. The summed E-state index contributed by atoms with van der Waals surface area (Å²) in [4.78, 5) is 29.7. The molecule has 162 valence electrons. The molecule has 3 aromatic rings. The molecule has 1 aromatic heterocycles. The van der Waals surface area contributed by atoms with Crippen molar-refractivity contribution in [3.8, 4) is 5.75 Å². The Morgan fingerprint density at radius 1 is 1.29 bits per heavy atom. The van der Waals surface area contributed by atoms with E-state index in [0.29, 0.717) is 5.13 Å². The molecule has 0 radical (unpaired) electrons. The quantitative estimate of drug-likeness (QED) is 0.430. The summed E-state index contributed by atoms with van der Waals surface area (Å²) in [5, 5.41) is 14.2. The molecule has 0 unspecified atom stereocenters. The van der Waals surface area contributed by atoms with Crippen LogP contribution in [0.1, 0.15) is 25.3 Å². The standard InChI is InChI=1S/C22H24N4O4S/c1-15-8-10-25(11-9-15)13-16-6-7-17-20(12-16)31-22(23-17)24-21(27)14-30-19-5-3-2-4-18(19)26(28)29/h2-7,12,15H,8-11,13-14H2,1H3,(H,23,24,27). The Hall–Kier alpha value is -3.04. The van der Waals surface area contributed by atoms with Gasteiger partial charge in [-0.1, -0.05) is 36.5 Å². The zero-order valence-corrected chi connectivity index (χ0v) is 18.1. The number of likely N-dealkylation sites (tertiary alicyclic amines) is 1. The van der Waals surface area contributed by atoms with Gasteiger partial charge in [-0.3, -0.25) is 25.1 Å². The molecule has 1 fully saturated rings. The molecule has 0 spiro atoms. The number of thiazole rings is 1. The van der Waals surface area contributed by atoms with Gasteiger partial charge < -0.3 is 4.74 Å². The van der Waals surface area contributed by atoms with Crippen molar-refractivity contribution < 1.29 is 14.5 Å². The highest BCUT2D eigenvalue weighted by Crippen LogP contribution is 2.29. The Balaban J connectivity index is 1.36. The number of hydrogen-bond donors (Lipinski definition) is 1. The highest BCUT2D eigenvalue weighted by molar-refractivity contribution is 7.22. The van der Waals surface area contributed by atoms with Crippen LogP contribution in [0.5, 0.6) is 5.75 Å². The molecule has 2 heterocycles. The lowest BCUT2D eigenvalue weighted by Crippen LogP contribution is -2.32. The van der Waals surface area contributed by atoms with E-state index in [1.54, 1.807) is 12.1 Å². The zero-order valence-electron chi connectivity index (χ0n) is 17.2. The largest absolute Gasteiger partial charge is 0.477 e. The van der Waals surface area contributed by atoms with E-state index in [2.05, 4.69) is 34.3 Å². The Morgan fingerprint density at radius 2 is 2.06 bits per heavy atom. The molecule has 1 aliphatic rings. The summed E-state index contributed by atoms with van der Waals surface area (Å²) in [5.41, 5.74) is 1.89. The Kier molecular flexibility index (Phi) is 6.43. The van der Waals surface area contributed by atoms with Gasteiger partial charge in [0.1, 0.15) is 0 Å². The van der Waals surface area contributed by atoms with E-state index in [1.807, 2.05) is 6.07 Å². The van der Waals surface area contributed by atoms with Gasteiger partial charge in [0.2, 0.25) is 0 Å². The van der Waals surface area contributed by atoms with Gasteiger partial charge in [0.25, 0.3) is 5.91 Å². The zero-order chi connectivity index (χ0) is 21.8. The lowest BCUT2D eigenvalue weighted by Gasteiger charge is -2.30. The minimum Gasteiger partial charge on any atom is -0.477 e. The van der Waals surface area contributed by atoms with Crippen molar-refractivity contribution in [1.82, 2.24) is 9.88 Å². The number of nitrogens with one attached hydrogen (secondary N) is 1. The van der Waals surface area contributed by atoms with Gasteiger partial charge in [-0.05, 0) is 55.6 Å². The molecule has 0 aliphatic carbocycles. The van der Waals surface area contributed by atoms with Gasteiger partial charge in [-0.15, -0.1) is 0 Å². The van der Waals surface area contributed by atoms with Gasteiger partial charge >= 0.3 is 5.69 Å². The first-order chi connectivity index (χ1) is 15.0. The van der Waals surface area contributed by atoms with Crippen LogP contribution in [-0.2, 0) is 11.3 Å². The summed E-state index contributed by atoms with van der Waals surface area (Å²) in [6.07, 6.45) is 2.49. The van der Waals surface area contributed by atoms with Crippen LogP contribution in [0.15, 0.2) is 42.5 Å². The summed E-state index contributed by atoms with van der Waals surface area (Å²) >= 11 is 1.41. The molecule has 8 nitrogen and oxygen atoms in total. The SMILES string of the molecule is CC1CCN(Cc2ccc3nc(NC(=O)COc4ccccc4[N+](=O)[O-])sc3c2)CC1. The number of piperidine rings is 1. The molecule has 2 aromatic carbocycles. The minimum absolute atomic E-state index is 0.0590. The summed E-state index contributed by atoms with van der Waals surface area (Å²) in [6, 6.07) is 12.2. The normalized spacial score (nSPS) is 15.1. The van der Waals surface area contributed by atoms with Crippen LogP contribution < -0.4 is 10.1 Å². The van der Waals surface area contributed by atoms with Crippen LogP contribution in [0.25, 0.3) is 10.2 Å². The number of amides is 1. The maximum Gasteiger partial charge on any atom is 0.310 e. The van der Waals surface area contributed by atoms with Crippen molar-refractivity contribution in [2.24, 2.45) is 5.92 Å². The smallest absolute Gasteiger partial charge is 0.310 e. The van der Waals surface area contributed by atoms with Gasteiger partial charge in [-0.25, -0.2) is 4.98 Å². The molecule has 1 saturated heterocycles. The van der Waals surface area contributed by atoms with Crippen LogP contribution in [0.3, 0.4) is 0 Å². The molecule has 1 aliphatic heterocycles. The van der Waals surface area contributed by atoms with Crippen LogP contribution in [0.2, 0.25) is 0 Å². The molecule has 0 atom stereocenters. The molecule has 1 N–H and O–H groups in total. The fraction of sp³-hybridized carbons (Fsp3) is 0.364. The van der Waals surface area contributed by atoms with E-state index in [-0.39, 0.29) is 18.0 Å². The monoisotopic (exact) mass is 440 g/mol. The number of hydrogen-bond acceptors (Lipinski definition) is 7. The number of nitro groups is 1. The summed E-state index contributed by atoms with van der Waals surface area (Å²) in [7, 11) is 0. The number of carbonyl (C=O) groups is 1. The maximum absolute atomic E-state index is 12.3. The second-order valence-electron chi connectivity index (χ2n) is 7.84. The predicted octanol–water partition coefficient (Wildman–Crippen LogP) is 4.45. The molecule has 1 amide bonds. The first-order valence-corrected chi connectivity index (χ1v) is 11.1. The Morgan fingerprint density at radius 3 is 2.84 bits per heavy atom. The molecular formula is C22H24N4O4S. The van der Waals surface area contributed by atoms with Crippen molar-refractivity contribution in [3.63, 3.8) is 0 Å². The van der Waals surface area contributed by atoms with Crippen molar-refractivity contribution in [2.45, 2.75) is 26.3 Å². The number of carbonyl (C=O) groups excluding carboxylic acids is 1. The maximum atomic E-state index is 12.3. The third kappa shape index (κ3) is 5.36. The first kappa shape index (κ1) is 21.2. The summed E-state index contributed by atoms with van der Waals surface area (Å²) in [5.74, 6) is 0.451. The van der Waals surface area contributed by atoms with E-state index >= 15 is 0 Å². The third-order valence-electron chi connectivity index (χ3n) is 5.40. The average molecular weight is 441 g/mol. The fourth-order valence-corrected chi connectivity index (χ4v) is 4.57. The Bertz CT molecular complexity index is 1090. The number of ether oxygens (including phenoxy) is 1. The Labute approximate surface area is 184 Å². The lowest BCUT2D eigenvalue weighted by atomic mass is 9.99. The van der Waals surface area contributed by atoms with E-state index in [9.17, 15) is 14.9 Å². The third-order valence-corrected chi connectivity index (χ3v) is 6.34. The van der Waals surface area contributed by atoms with E-state index in [4.69, 9.17) is 4.74 Å². The number of aromatic nitrogens is 1. The predicted molar refractivity (Wildman–Crippen MR) is 121 cm³/mol. The minimum atomic E-state index is -0.539. The molecule has 0 bridgehead atoms. The topological polar surface area (TPSA) is 97.6 Å². The molecule has 0 saturated carbocycles. The lowest BCUT2D eigenvalue weighted by molar-refractivity contribution is -0.385. The van der Waals surface area contributed by atoms with Gasteiger partial charge in [0.05, 0.1) is 15.1 Å². The van der Waals surface area contributed by atoms with E-state index in [1.165, 1.54) is 41.9 Å². The number of nitrogens with zero attached hydrogens (tertiary/aromatic N) is 3. The van der Waals surface area contributed by atoms with E-state index in [0.717, 1.165) is 35.8 Å². The number of para-hydroxylation sites is 2. The number of benzene rings is 2. The molecule has 4 rings (SSSR count). The van der Waals surface area contributed by atoms with Crippen molar-refractivity contribution in [3.05, 3.63) is 58.1 Å². The van der Waals surface area contributed by atoms with Gasteiger partial charge in [0.15, 0.2) is 17.5 Å². The van der Waals surface area contributed by atoms with Crippen molar-refractivity contribution >= 4 is 38.3 Å². The van der Waals surface area contributed by atoms with Crippen LogP contribution in [0.4, 0.5) is 10.8 Å². The van der Waals surface area contributed by atoms with Crippen molar-refractivity contribution in [2.75, 3.05) is 25.0 Å². The van der Waals surface area contributed by atoms with Crippen LogP contribution in [0, 0.1) is 16.0 Å². The van der Waals surface area contributed by atoms with Crippen LogP contribution in [-0.4, -0.2) is 40.4 Å². The highest BCUT2D eigenvalue weighted by Gasteiger charge is 2.17. The summed E-state index contributed by atoms with van der Waals surface area (Å²) in [6.45, 7) is 5.15. The first-order valence-electron chi connectivity index (χ1n) is 10.3. The van der Waals surface area contributed by atoms with Gasteiger partial charge in [0, 0.05) is 12.6 Å². The number of fused-ring (bicyclic) bond motifs is 1. The second-order valence-corrected chi connectivity index (χ2v) is 8.87. The number of rotatable bonds is 7. The number of nitro benzene ring substituents is 1. The van der Waals surface area contributed by atoms with Crippen LogP contribution >= 0.6 is 11.3 Å². The summed E-state index contributed by atoms with van der Waals surface area (Å²) < 4.78 is 6.35. The van der Waals surface area contributed by atoms with Crippen molar-refractivity contribution in [1.29, 1.82) is 0 Å². The number of anilines is 1. The average Bonchev–Trinajstić information content (AvgIpc) is 3.15.